The second-order valence-corrected chi connectivity index (χ2v) is 4.40. The quantitative estimate of drug-likeness (QED) is 0.843. The molecule has 2 nitrogen and oxygen atoms in total. The van der Waals surface area contributed by atoms with Gasteiger partial charge in [-0.05, 0) is 36.7 Å². The van der Waals surface area contributed by atoms with Gasteiger partial charge in [-0.25, -0.2) is 0 Å². The maximum Gasteiger partial charge on any atom is 0.0802 e. The van der Waals surface area contributed by atoms with Gasteiger partial charge >= 0.3 is 0 Å². The third-order valence-corrected chi connectivity index (χ3v) is 3.07. The van der Waals surface area contributed by atoms with Crippen molar-refractivity contribution in [2.75, 3.05) is 13.6 Å². The van der Waals surface area contributed by atoms with Crippen molar-refractivity contribution in [1.29, 1.82) is 0 Å². The molecule has 2 aromatic rings. The second kappa shape index (κ2) is 6.34. The molecule has 0 aliphatic heterocycles. The van der Waals surface area contributed by atoms with Crippen molar-refractivity contribution in [2.45, 2.75) is 12.5 Å². The smallest absolute Gasteiger partial charge is 0.0802 e. The first kappa shape index (κ1) is 12.8. The fourth-order valence-electron chi connectivity index (χ4n) is 1.98. The van der Waals surface area contributed by atoms with Gasteiger partial charge in [-0.3, -0.25) is 0 Å². The van der Waals surface area contributed by atoms with Gasteiger partial charge in [0.15, 0.2) is 0 Å². The largest absolute Gasteiger partial charge is 0.388 e. The molecule has 2 aromatic carbocycles. The molecule has 18 heavy (non-hydrogen) atoms. The highest BCUT2D eigenvalue weighted by atomic mass is 16.3. The van der Waals surface area contributed by atoms with E-state index in [0.29, 0.717) is 0 Å². The Hall–Kier alpha value is -1.64. The van der Waals surface area contributed by atoms with Gasteiger partial charge < -0.3 is 10.4 Å². The van der Waals surface area contributed by atoms with Crippen molar-refractivity contribution in [2.24, 2.45) is 0 Å². The number of benzene rings is 2. The Kier molecular flexibility index (Phi) is 4.51. The first-order valence-electron chi connectivity index (χ1n) is 6.29. The number of aliphatic hydroxyl groups is 1. The molecule has 0 aliphatic rings. The summed E-state index contributed by atoms with van der Waals surface area (Å²) in [7, 11) is 1.89. The molecule has 94 valence electrons. The highest BCUT2D eigenvalue weighted by Crippen LogP contribution is 2.22. The van der Waals surface area contributed by atoms with Crippen LogP contribution in [0.1, 0.15) is 18.1 Å². The molecular formula is C16H19NO. The molecule has 0 saturated heterocycles. The first-order chi connectivity index (χ1) is 8.81. The van der Waals surface area contributed by atoms with Crippen molar-refractivity contribution in [3.05, 3.63) is 60.2 Å². The summed E-state index contributed by atoms with van der Waals surface area (Å²) in [6.45, 7) is 0.821. The fraction of sp³-hybridized carbons (Fsp3) is 0.250. The molecule has 0 fully saturated rings. The van der Waals surface area contributed by atoms with Crippen molar-refractivity contribution in [1.82, 2.24) is 5.32 Å². The van der Waals surface area contributed by atoms with Gasteiger partial charge in [-0.1, -0.05) is 54.6 Å². The van der Waals surface area contributed by atoms with Crippen LogP contribution in [0.3, 0.4) is 0 Å². The molecule has 0 aliphatic carbocycles. The van der Waals surface area contributed by atoms with Crippen LogP contribution in [0, 0.1) is 0 Å². The minimum Gasteiger partial charge on any atom is -0.388 e. The molecular weight excluding hydrogens is 222 g/mol. The van der Waals surface area contributed by atoms with Crippen LogP contribution in [0.25, 0.3) is 11.1 Å². The summed E-state index contributed by atoms with van der Waals surface area (Å²) in [4.78, 5) is 0. The van der Waals surface area contributed by atoms with Crippen molar-refractivity contribution < 1.29 is 5.11 Å². The lowest BCUT2D eigenvalue weighted by Crippen LogP contribution is -2.11. The van der Waals surface area contributed by atoms with Crippen LogP contribution in [0.2, 0.25) is 0 Å². The highest BCUT2D eigenvalue weighted by molar-refractivity contribution is 5.63. The molecule has 0 amide bonds. The number of hydrogen-bond donors (Lipinski definition) is 2. The van der Waals surface area contributed by atoms with Crippen LogP contribution in [0.5, 0.6) is 0 Å². The summed E-state index contributed by atoms with van der Waals surface area (Å²) in [5, 5.41) is 13.0. The Morgan fingerprint density at radius 1 is 0.944 bits per heavy atom. The van der Waals surface area contributed by atoms with E-state index in [9.17, 15) is 5.11 Å². The average Bonchev–Trinajstić information content (AvgIpc) is 2.46. The van der Waals surface area contributed by atoms with E-state index < -0.39 is 0 Å². The van der Waals surface area contributed by atoms with E-state index >= 15 is 0 Å². The van der Waals surface area contributed by atoms with E-state index in [-0.39, 0.29) is 6.10 Å². The van der Waals surface area contributed by atoms with E-state index in [1.807, 2.05) is 37.4 Å². The van der Waals surface area contributed by atoms with Gasteiger partial charge in [0.05, 0.1) is 6.10 Å². The molecule has 0 spiro atoms. The van der Waals surface area contributed by atoms with Gasteiger partial charge in [0.25, 0.3) is 0 Å². The summed E-state index contributed by atoms with van der Waals surface area (Å²) < 4.78 is 0. The highest BCUT2D eigenvalue weighted by Gasteiger charge is 2.06. The molecule has 0 radical (unpaired) electrons. The van der Waals surface area contributed by atoms with Crippen LogP contribution >= 0.6 is 0 Å². The summed E-state index contributed by atoms with van der Waals surface area (Å²) in [5.74, 6) is 0. The monoisotopic (exact) mass is 241 g/mol. The van der Waals surface area contributed by atoms with Gasteiger partial charge in [0.1, 0.15) is 0 Å². The van der Waals surface area contributed by atoms with Gasteiger partial charge in [-0.2, -0.15) is 0 Å². The van der Waals surface area contributed by atoms with E-state index in [1.165, 1.54) is 11.1 Å². The minimum absolute atomic E-state index is 0.387. The average molecular weight is 241 g/mol. The summed E-state index contributed by atoms with van der Waals surface area (Å²) >= 11 is 0. The van der Waals surface area contributed by atoms with Crippen LogP contribution in [0.15, 0.2) is 54.6 Å². The van der Waals surface area contributed by atoms with Crippen molar-refractivity contribution in [3.8, 4) is 11.1 Å². The van der Waals surface area contributed by atoms with E-state index in [2.05, 4.69) is 29.6 Å². The lowest BCUT2D eigenvalue weighted by Gasteiger charge is -2.11. The van der Waals surface area contributed by atoms with Crippen LogP contribution < -0.4 is 5.32 Å². The van der Waals surface area contributed by atoms with E-state index in [0.717, 1.165) is 18.5 Å². The zero-order valence-electron chi connectivity index (χ0n) is 10.6. The predicted octanol–water partition coefficient (Wildman–Crippen LogP) is 3.00. The Morgan fingerprint density at radius 3 is 2.17 bits per heavy atom. The van der Waals surface area contributed by atoms with E-state index in [1.54, 1.807) is 0 Å². The third-order valence-electron chi connectivity index (χ3n) is 3.07. The Bertz CT molecular complexity index is 464. The molecule has 0 aromatic heterocycles. The maximum atomic E-state index is 9.97. The fourth-order valence-corrected chi connectivity index (χ4v) is 1.98. The Labute approximate surface area is 108 Å². The Balaban J connectivity index is 2.10. The Morgan fingerprint density at radius 2 is 1.56 bits per heavy atom. The van der Waals surface area contributed by atoms with E-state index in [4.69, 9.17) is 0 Å². The zero-order chi connectivity index (χ0) is 12.8. The van der Waals surface area contributed by atoms with Crippen LogP contribution in [-0.2, 0) is 0 Å². The molecule has 0 bridgehead atoms. The number of rotatable bonds is 5. The zero-order valence-corrected chi connectivity index (χ0v) is 10.6. The molecule has 1 unspecified atom stereocenters. The predicted molar refractivity (Wildman–Crippen MR) is 75.4 cm³/mol. The van der Waals surface area contributed by atoms with Crippen molar-refractivity contribution >= 4 is 0 Å². The summed E-state index contributed by atoms with van der Waals surface area (Å²) in [6.07, 6.45) is 0.351. The standard InChI is InChI=1S/C16H19NO/c1-17-12-11-16(18)15-9-7-14(8-10-15)13-5-3-2-4-6-13/h2-10,16-18H,11-12H2,1H3. The first-order valence-corrected chi connectivity index (χ1v) is 6.29. The minimum atomic E-state index is -0.387. The molecule has 0 heterocycles. The SMILES string of the molecule is CNCCC(O)c1ccc(-c2ccccc2)cc1. The molecule has 2 rings (SSSR count). The number of nitrogens with one attached hydrogen (secondary N) is 1. The van der Waals surface area contributed by atoms with Crippen LogP contribution in [0.4, 0.5) is 0 Å². The molecule has 0 saturated carbocycles. The lowest BCUT2D eigenvalue weighted by atomic mass is 10.0. The summed E-state index contributed by atoms with van der Waals surface area (Å²) in [5.41, 5.74) is 3.36. The topological polar surface area (TPSA) is 32.3 Å². The second-order valence-electron chi connectivity index (χ2n) is 4.40. The number of aliphatic hydroxyl groups excluding tert-OH is 1. The van der Waals surface area contributed by atoms with Crippen molar-refractivity contribution in [3.63, 3.8) is 0 Å². The molecule has 2 heteroatoms. The maximum absolute atomic E-state index is 9.97. The third kappa shape index (κ3) is 3.19. The van der Waals surface area contributed by atoms with Gasteiger partial charge in [0.2, 0.25) is 0 Å². The molecule has 2 N–H and O–H groups in total. The summed E-state index contributed by atoms with van der Waals surface area (Å²) in [6, 6.07) is 18.4. The van der Waals surface area contributed by atoms with Gasteiger partial charge in [-0.15, -0.1) is 0 Å². The number of hydrogen-bond acceptors (Lipinski definition) is 2. The van der Waals surface area contributed by atoms with Crippen LogP contribution in [-0.4, -0.2) is 18.7 Å². The lowest BCUT2D eigenvalue weighted by molar-refractivity contribution is 0.168. The molecule has 1 atom stereocenters. The normalized spacial score (nSPS) is 12.3. The van der Waals surface area contributed by atoms with Gasteiger partial charge in [0, 0.05) is 0 Å².